The summed E-state index contributed by atoms with van der Waals surface area (Å²) in [5, 5.41) is 13.6. The van der Waals surface area contributed by atoms with E-state index in [1.165, 1.54) is 12.1 Å². The molecule has 27 heavy (non-hydrogen) atoms. The van der Waals surface area contributed by atoms with Crippen molar-refractivity contribution in [3.05, 3.63) is 57.6 Å². The smallest absolute Gasteiger partial charge is 0.271 e. The van der Waals surface area contributed by atoms with Gasteiger partial charge in [-0.05, 0) is 50.5 Å². The SMILES string of the molecule is CCOc1ccc(CCC(=O)Nc2cc([N+](=O)[O-])ccc2C)cc1OCC. The van der Waals surface area contributed by atoms with E-state index in [0.29, 0.717) is 36.8 Å². The molecule has 0 spiro atoms. The van der Waals surface area contributed by atoms with E-state index in [1.54, 1.807) is 13.0 Å². The summed E-state index contributed by atoms with van der Waals surface area (Å²) in [4.78, 5) is 22.7. The van der Waals surface area contributed by atoms with Crippen molar-refractivity contribution in [1.29, 1.82) is 0 Å². The minimum absolute atomic E-state index is 0.0521. The van der Waals surface area contributed by atoms with Crippen LogP contribution in [0.3, 0.4) is 0 Å². The Morgan fingerprint density at radius 1 is 1.07 bits per heavy atom. The van der Waals surface area contributed by atoms with Gasteiger partial charge in [-0.25, -0.2) is 0 Å². The molecule has 0 aliphatic heterocycles. The van der Waals surface area contributed by atoms with E-state index in [0.717, 1.165) is 11.1 Å². The van der Waals surface area contributed by atoms with Crippen LogP contribution < -0.4 is 14.8 Å². The first-order chi connectivity index (χ1) is 12.9. The highest BCUT2D eigenvalue weighted by atomic mass is 16.6. The first-order valence-corrected chi connectivity index (χ1v) is 8.88. The number of nitrogens with one attached hydrogen (secondary N) is 1. The Hall–Kier alpha value is -3.09. The molecule has 0 unspecified atom stereocenters. The van der Waals surface area contributed by atoms with Crippen LogP contribution in [-0.2, 0) is 11.2 Å². The van der Waals surface area contributed by atoms with E-state index in [2.05, 4.69) is 5.32 Å². The molecule has 0 heterocycles. The minimum atomic E-state index is -0.482. The highest BCUT2D eigenvalue weighted by molar-refractivity contribution is 5.92. The maximum atomic E-state index is 12.3. The summed E-state index contributed by atoms with van der Waals surface area (Å²) in [6.07, 6.45) is 0.772. The number of carbonyl (C=O) groups is 1. The van der Waals surface area contributed by atoms with Crippen LogP contribution in [0.15, 0.2) is 36.4 Å². The Balaban J connectivity index is 2.02. The monoisotopic (exact) mass is 372 g/mol. The molecule has 0 aliphatic rings. The Morgan fingerprint density at radius 3 is 2.44 bits per heavy atom. The highest BCUT2D eigenvalue weighted by Crippen LogP contribution is 2.29. The number of anilines is 1. The van der Waals surface area contributed by atoms with Gasteiger partial charge in [0.2, 0.25) is 5.91 Å². The number of hydrogen-bond acceptors (Lipinski definition) is 5. The number of nitrogens with zero attached hydrogens (tertiary/aromatic N) is 1. The molecule has 0 saturated carbocycles. The highest BCUT2D eigenvalue weighted by Gasteiger charge is 2.12. The summed E-state index contributed by atoms with van der Waals surface area (Å²) < 4.78 is 11.1. The predicted octanol–water partition coefficient (Wildman–Crippen LogP) is 4.27. The van der Waals surface area contributed by atoms with Crippen LogP contribution >= 0.6 is 0 Å². The van der Waals surface area contributed by atoms with Gasteiger partial charge in [-0.1, -0.05) is 12.1 Å². The molecular weight excluding hydrogens is 348 g/mol. The molecular formula is C20H24N2O5. The number of carbonyl (C=O) groups excluding carboxylic acids is 1. The lowest BCUT2D eigenvalue weighted by atomic mass is 10.1. The molecule has 0 fully saturated rings. The summed E-state index contributed by atoms with van der Waals surface area (Å²) in [7, 11) is 0. The van der Waals surface area contributed by atoms with Crippen molar-refractivity contribution in [2.75, 3.05) is 18.5 Å². The molecule has 2 aromatic carbocycles. The summed E-state index contributed by atoms with van der Waals surface area (Å²) in [5.41, 5.74) is 2.13. The average Bonchev–Trinajstić information content (AvgIpc) is 2.64. The molecule has 144 valence electrons. The van der Waals surface area contributed by atoms with Gasteiger partial charge < -0.3 is 14.8 Å². The van der Waals surface area contributed by atoms with E-state index in [4.69, 9.17) is 9.47 Å². The second-order valence-electron chi connectivity index (χ2n) is 5.95. The van der Waals surface area contributed by atoms with Crippen molar-refractivity contribution < 1.29 is 19.2 Å². The lowest BCUT2D eigenvalue weighted by Gasteiger charge is -2.12. The quantitative estimate of drug-likeness (QED) is 0.524. The topological polar surface area (TPSA) is 90.7 Å². The maximum absolute atomic E-state index is 12.3. The van der Waals surface area contributed by atoms with Crippen molar-refractivity contribution in [3.63, 3.8) is 0 Å². The second-order valence-corrected chi connectivity index (χ2v) is 5.95. The molecule has 0 atom stereocenters. The Labute approximate surface area is 158 Å². The third-order valence-corrected chi connectivity index (χ3v) is 3.95. The molecule has 7 nitrogen and oxygen atoms in total. The minimum Gasteiger partial charge on any atom is -0.490 e. The van der Waals surface area contributed by atoms with Crippen molar-refractivity contribution in [2.24, 2.45) is 0 Å². The van der Waals surface area contributed by atoms with E-state index in [9.17, 15) is 14.9 Å². The molecule has 0 bridgehead atoms. The van der Waals surface area contributed by atoms with Gasteiger partial charge in [0, 0.05) is 18.6 Å². The maximum Gasteiger partial charge on any atom is 0.271 e. The van der Waals surface area contributed by atoms with Gasteiger partial charge >= 0.3 is 0 Å². The normalized spacial score (nSPS) is 10.3. The number of rotatable bonds is 9. The fourth-order valence-electron chi connectivity index (χ4n) is 2.58. The standard InChI is InChI=1S/C20H24N2O5/c1-4-26-18-10-7-15(12-19(18)27-5-2)8-11-20(23)21-17-13-16(22(24)25)9-6-14(17)3/h6-7,9-10,12-13H,4-5,8,11H2,1-3H3,(H,21,23). The molecule has 0 radical (unpaired) electrons. The van der Waals surface area contributed by atoms with Gasteiger partial charge in [0.1, 0.15) is 0 Å². The number of hydrogen-bond donors (Lipinski definition) is 1. The van der Waals surface area contributed by atoms with Crippen molar-refractivity contribution >= 4 is 17.3 Å². The van der Waals surface area contributed by atoms with Crippen molar-refractivity contribution in [1.82, 2.24) is 0 Å². The number of amides is 1. The summed E-state index contributed by atoms with van der Waals surface area (Å²) in [5.74, 6) is 1.14. The Morgan fingerprint density at radius 2 is 1.78 bits per heavy atom. The van der Waals surface area contributed by atoms with Crippen LogP contribution in [0, 0.1) is 17.0 Å². The molecule has 0 saturated heterocycles. The van der Waals surface area contributed by atoms with E-state index in [-0.39, 0.29) is 18.0 Å². The number of nitro groups is 1. The van der Waals surface area contributed by atoms with Crippen molar-refractivity contribution in [2.45, 2.75) is 33.6 Å². The molecule has 2 rings (SSSR count). The Kier molecular flexibility index (Phi) is 7.16. The summed E-state index contributed by atoms with van der Waals surface area (Å²) in [6.45, 7) is 6.67. The molecule has 7 heteroatoms. The molecule has 0 aliphatic carbocycles. The Bertz CT molecular complexity index is 820. The zero-order chi connectivity index (χ0) is 19.8. The van der Waals surface area contributed by atoms with Crippen molar-refractivity contribution in [3.8, 4) is 11.5 Å². The lowest BCUT2D eigenvalue weighted by molar-refractivity contribution is -0.384. The van der Waals surface area contributed by atoms with Crippen LogP contribution in [0.5, 0.6) is 11.5 Å². The fraction of sp³-hybridized carbons (Fsp3) is 0.350. The summed E-state index contributed by atoms with van der Waals surface area (Å²) >= 11 is 0. The van der Waals surface area contributed by atoms with E-state index < -0.39 is 4.92 Å². The molecule has 1 N–H and O–H groups in total. The van der Waals surface area contributed by atoms with E-state index >= 15 is 0 Å². The average molecular weight is 372 g/mol. The molecule has 1 amide bonds. The second kappa shape index (κ2) is 9.56. The number of nitro benzene ring substituents is 1. The third kappa shape index (κ3) is 5.70. The molecule has 2 aromatic rings. The van der Waals surface area contributed by atoms with Crippen LogP contribution in [0.1, 0.15) is 31.4 Å². The lowest BCUT2D eigenvalue weighted by Crippen LogP contribution is -2.13. The summed E-state index contributed by atoms with van der Waals surface area (Å²) in [6, 6.07) is 10.0. The first kappa shape index (κ1) is 20.2. The van der Waals surface area contributed by atoms with Crippen LogP contribution in [0.4, 0.5) is 11.4 Å². The number of aryl methyl sites for hydroxylation is 2. The molecule has 0 aromatic heterocycles. The van der Waals surface area contributed by atoms with E-state index in [1.807, 2.05) is 32.0 Å². The number of non-ortho nitro benzene ring substituents is 1. The van der Waals surface area contributed by atoms with Gasteiger partial charge in [-0.2, -0.15) is 0 Å². The van der Waals surface area contributed by atoms with Gasteiger partial charge in [0.05, 0.1) is 23.8 Å². The number of ether oxygens (including phenoxy) is 2. The van der Waals surface area contributed by atoms with Gasteiger partial charge in [0.15, 0.2) is 11.5 Å². The first-order valence-electron chi connectivity index (χ1n) is 8.88. The van der Waals surface area contributed by atoms with Gasteiger partial charge in [-0.15, -0.1) is 0 Å². The zero-order valence-electron chi connectivity index (χ0n) is 15.8. The van der Waals surface area contributed by atoms with Gasteiger partial charge in [-0.3, -0.25) is 14.9 Å². The predicted molar refractivity (Wildman–Crippen MR) is 104 cm³/mol. The largest absolute Gasteiger partial charge is 0.490 e. The van der Waals surface area contributed by atoms with Crippen LogP contribution in [0.25, 0.3) is 0 Å². The third-order valence-electron chi connectivity index (χ3n) is 3.95. The fourth-order valence-corrected chi connectivity index (χ4v) is 2.58. The zero-order valence-corrected chi connectivity index (χ0v) is 15.8. The number of benzene rings is 2. The van der Waals surface area contributed by atoms with Crippen LogP contribution in [-0.4, -0.2) is 24.0 Å². The van der Waals surface area contributed by atoms with Crippen LogP contribution in [0.2, 0.25) is 0 Å². The van der Waals surface area contributed by atoms with Gasteiger partial charge in [0.25, 0.3) is 5.69 Å².